The Labute approximate surface area is 157 Å². The summed E-state index contributed by atoms with van der Waals surface area (Å²) in [6.45, 7) is 4.28. The number of benzene rings is 2. The Morgan fingerprint density at radius 1 is 1.12 bits per heavy atom. The van der Waals surface area contributed by atoms with Gasteiger partial charge in [0.25, 0.3) is 0 Å². The van der Waals surface area contributed by atoms with Gasteiger partial charge >= 0.3 is 0 Å². The normalized spacial score (nSPS) is 11.2. The number of rotatable bonds is 6. The molecule has 0 bridgehead atoms. The highest BCUT2D eigenvalue weighted by Crippen LogP contribution is 2.32. The number of hydrazone groups is 1. The molecular weight excluding hydrogens is 350 g/mol. The van der Waals surface area contributed by atoms with Gasteiger partial charge in [-0.3, -0.25) is 5.43 Å². The van der Waals surface area contributed by atoms with Crippen LogP contribution >= 0.6 is 22.9 Å². The van der Waals surface area contributed by atoms with Crippen LogP contribution in [0.3, 0.4) is 0 Å². The molecule has 0 unspecified atom stereocenters. The van der Waals surface area contributed by atoms with Crippen LogP contribution in [-0.4, -0.2) is 11.2 Å². The van der Waals surface area contributed by atoms with Gasteiger partial charge in [-0.05, 0) is 31.0 Å². The molecule has 5 heteroatoms. The summed E-state index contributed by atoms with van der Waals surface area (Å²) in [5.41, 5.74) is 7.50. The van der Waals surface area contributed by atoms with Crippen LogP contribution in [-0.2, 0) is 6.42 Å². The number of halogens is 1. The van der Waals surface area contributed by atoms with E-state index in [1.165, 1.54) is 10.4 Å². The molecule has 0 amide bonds. The van der Waals surface area contributed by atoms with Crippen LogP contribution in [0.5, 0.6) is 0 Å². The van der Waals surface area contributed by atoms with Gasteiger partial charge in [0.05, 0.1) is 11.9 Å². The molecule has 3 aromatic rings. The summed E-state index contributed by atoms with van der Waals surface area (Å²) in [6, 6.07) is 16.1. The van der Waals surface area contributed by atoms with Crippen molar-refractivity contribution in [2.24, 2.45) is 5.10 Å². The minimum atomic E-state index is 0.719. The zero-order chi connectivity index (χ0) is 17.6. The van der Waals surface area contributed by atoms with Crippen molar-refractivity contribution >= 4 is 34.3 Å². The fourth-order valence-corrected chi connectivity index (χ4v) is 3.60. The number of nitrogens with zero attached hydrogens (tertiary/aromatic N) is 2. The molecule has 1 aromatic heterocycles. The van der Waals surface area contributed by atoms with Gasteiger partial charge in [-0.2, -0.15) is 5.10 Å². The largest absolute Gasteiger partial charge is 0.253 e. The molecule has 0 radical (unpaired) electrons. The van der Waals surface area contributed by atoms with Crippen LogP contribution in [0, 0.1) is 6.92 Å². The molecular formula is C20H20ClN3S. The second kappa shape index (κ2) is 8.28. The summed E-state index contributed by atoms with van der Waals surface area (Å²) in [7, 11) is 0. The molecule has 0 aliphatic heterocycles. The van der Waals surface area contributed by atoms with Crippen molar-refractivity contribution in [3.05, 3.63) is 69.6 Å². The molecule has 0 fully saturated rings. The van der Waals surface area contributed by atoms with Gasteiger partial charge in [0.15, 0.2) is 0 Å². The smallest absolute Gasteiger partial charge is 0.204 e. The van der Waals surface area contributed by atoms with Gasteiger partial charge in [-0.1, -0.05) is 78.2 Å². The van der Waals surface area contributed by atoms with E-state index in [2.05, 4.69) is 48.6 Å². The minimum Gasteiger partial charge on any atom is -0.253 e. The molecule has 2 aromatic carbocycles. The zero-order valence-corrected chi connectivity index (χ0v) is 15.9. The molecule has 0 saturated carbocycles. The molecule has 1 N–H and O–H groups in total. The van der Waals surface area contributed by atoms with Crippen LogP contribution in [0.15, 0.2) is 53.6 Å². The average Bonchev–Trinajstić information content (AvgIpc) is 3.00. The third-order valence-electron chi connectivity index (χ3n) is 3.74. The summed E-state index contributed by atoms with van der Waals surface area (Å²) in [5, 5.41) is 5.82. The summed E-state index contributed by atoms with van der Waals surface area (Å²) in [5.74, 6) is 0. The standard InChI is InChI=1S/C20H20ClN3S/c1-3-4-18-19(16-9-5-14(2)6-10-16)23-20(25-18)24-22-13-15-7-11-17(21)12-8-15/h5-13H,3-4H2,1-2H3,(H,23,24)/b22-13-. The molecule has 0 saturated heterocycles. The van der Waals surface area contributed by atoms with E-state index in [-0.39, 0.29) is 0 Å². The van der Waals surface area contributed by atoms with Crippen molar-refractivity contribution in [3.8, 4) is 11.3 Å². The monoisotopic (exact) mass is 369 g/mol. The van der Waals surface area contributed by atoms with E-state index in [1.807, 2.05) is 24.3 Å². The lowest BCUT2D eigenvalue weighted by atomic mass is 10.1. The van der Waals surface area contributed by atoms with E-state index in [0.29, 0.717) is 0 Å². The van der Waals surface area contributed by atoms with Crippen molar-refractivity contribution in [1.29, 1.82) is 0 Å². The van der Waals surface area contributed by atoms with Crippen LogP contribution in [0.2, 0.25) is 5.02 Å². The Bertz CT molecular complexity index is 852. The predicted molar refractivity (Wildman–Crippen MR) is 109 cm³/mol. The maximum atomic E-state index is 5.89. The quantitative estimate of drug-likeness (QED) is 0.416. The van der Waals surface area contributed by atoms with Crippen molar-refractivity contribution in [2.75, 3.05) is 5.43 Å². The molecule has 0 aliphatic rings. The van der Waals surface area contributed by atoms with Gasteiger partial charge in [0, 0.05) is 15.5 Å². The first kappa shape index (κ1) is 17.6. The van der Waals surface area contributed by atoms with Crippen molar-refractivity contribution in [1.82, 2.24) is 4.98 Å². The van der Waals surface area contributed by atoms with Crippen LogP contribution < -0.4 is 5.43 Å². The number of anilines is 1. The minimum absolute atomic E-state index is 0.719. The molecule has 1 heterocycles. The zero-order valence-electron chi connectivity index (χ0n) is 14.3. The Morgan fingerprint density at radius 3 is 2.52 bits per heavy atom. The molecule has 0 atom stereocenters. The highest BCUT2D eigenvalue weighted by Gasteiger charge is 2.12. The van der Waals surface area contributed by atoms with Gasteiger partial charge in [-0.15, -0.1) is 0 Å². The van der Waals surface area contributed by atoms with Gasteiger partial charge in [0.1, 0.15) is 0 Å². The summed E-state index contributed by atoms with van der Waals surface area (Å²) >= 11 is 7.55. The van der Waals surface area contributed by atoms with Gasteiger partial charge in [0.2, 0.25) is 5.13 Å². The number of aryl methyl sites for hydroxylation is 2. The van der Waals surface area contributed by atoms with Crippen molar-refractivity contribution in [3.63, 3.8) is 0 Å². The molecule has 0 spiro atoms. The first-order valence-corrected chi connectivity index (χ1v) is 9.46. The third-order valence-corrected chi connectivity index (χ3v) is 5.02. The topological polar surface area (TPSA) is 37.3 Å². The molecule has 0 aliphatic carbocycles. The SMILES string of the molecule is CCCc1sc(N/N=C\c2ccc(Cl)cc2)nc1-c1ccc(C)cc1. The first-order valence-electron chi connectivity index (χ1n) is 8.27. The van der Waals surface area contributed by atoms with Crippen LogP contribution in [0.4, 0.5) is 5.13 Å². The highest BCUT2D eigenvalue weighted by molar-refractivity contribution is 7.16. The molecule has 3 rings (SSSR count). The Kier molecular flexibility index (Phi) is 5.84. The van der Waals surface area contributed by atoms with E-state index in [9.17, 15) is 0 Å². The highest BCUT2D eigenvalue weighted by atomic mass is 35.5. The van der Waals surface area contributed by atoms with Gasteiger partial charge < -0.3 is 0 Å². The fraction of sp³-hybridized carbons (Fsp3) is 0.200. The van der Waals surface area contributed by atoms with Gasteiger partial charge in [-0.25, -0.2) is 4.98 Å². The average molecular weight is 370 g/mol. The summed E-state index contributed by atoms with van der Waals surface area (Å²) < 4.78 is 0. The van der Waals surface area contributed by atoms with E-state index < -0.39 is 0 Å². The lowest BCUT2D eigenvalue weighted by Gasteiger charge is -2.01. The second-order valence-electron chi connectivity index (χ2n) is 5.83. The number of hydrogen-bond donors (Lipinski definition) is 1. The first-order chi connectivity index (χ1) is 12.2. The number of nitrogens with one attached hydrogen (secondary N) is 1. The lowest BCUT2D eigenvalue weighted by molar-refractivity contribution is 0.938. The fourth-order valence-electron chi connectivity index (χ4n) is 2.44. The Balaban J connectivity index is 1.78. The lowest BCUT2D eigenvalue weighted by Crippen LogP contribution is -1.90. The molecule has 25 heavy (non-hydrogen) atoms. The van der Waals surface area contributed by atoms with E-state index >= 15 is 0 Å². The molecule has 128 valence electrons. The van der Waals surface area contributed by atoms with Crippen molar-refractivity contribution < 1.29 is 0 Å². The maximum absolute atomic E-state index is 5.89. The van der Waals surface area contributed by atoms with E-state index in [4.69, 9.17) is 16.6 Å². The summed E-state index contributed by atoms with van der Waals surface area (Å²) in [6.07, 6.45) is 3.88. The summed E-state index contributed by atoms with van der Waals surface area (Å²) in [4.78, 5) is 6.03. The van der Waals surface area contributed by atoms with E-state index in [0.717, 1.165) is 39.8 Å². The third kappa shape index (κ3) is 4.68. The number of aromatic nitrogens is 1. The predicted octanol–water partition coefficient (Wildman–Crippen LogP) is 6.17. The van der Waals surface area contributed by atoms with Crippen LogP contribution in [0.1, 0.15) is 29.3 Å². The van der Waals surface area contributed by atoms with Crippen LogP contribution in [0.25, 0.3) is 11.3 Å². The maximum Gasteiger partial charge on any atom is 0.204 e. The Hall–Kier alpha value is -2.17. The number of hydrogen-bond acceptors (Lipinski definition) is 4. The second-order valence-corrected chi connectivity index (χ2v) is 7.35. The molecule has 3 nitrogen and oxygen atoms in total. The Morgan fingerprint density at radius 2 is 1.84 bits per heavy atom. The van der Waals surface area contributed by atoms with Crippen molar-refractivity contribution in [2.45, 2.75) is 26.7 Å². The number of thiazole rings is 1. The van der Waals surface area contributed by atoms with E-state index in [1.54, 1.807) is 17.6 Å².